The molecule has 2 aromatic rings. The molecular weight excluding hydrogens is 228 g/mol. The minimum Gasteiger partial charge on any atom is -0.277 e. The lowest BCUT2D eigenvalue weighted by molar-refractivity contribution is 1.09. The van der Waals surface area contributed by atoms with Crippen molar-refractivity contribution in [2.75, 3.05) is 0 Å². The minimum atomic E-state index is 0.998. The molecule has 1 aromatic carbocycles. The maximum atomic E-state index is 3.96. The van der Waals surface area contributed by atoms with Gasteiger partial charge >= 0.3 is 0 Å². The normalized spacial score (nSPS) is 10.3. The molecule has 66 valence electrons. The zero-order chi connectivity index (χ0) is 9.26. The van der Waals surface area contributed by atoms with E-state index in [1.54, 1.807) is 6.20 Å². The van der Waals surface area contributed by atoms with Crippen LogP contribution in [0.3, 0.4) is 0 Å². The molecule has 2 nitrogen and oxygen atoms in total. The number of nitrogens with zero attached hydrogens (tertiary/aromatic N) is 1. The number of benzene rings is 1. The highest BCUT2D eigenvalue weighted by molar-refractivity contribution is 9.10. The van der Waals surface area contributed by atoms with E-state index in [1.165, 1.54) is 5.56 Å². The minimum absolute atomic E-state index is 0.998. The van der Waals surface area contributed by atoms with Crippen molar-refractivity contribution < 1.29 is 0 Å². The topological polar surface area (TPSA) is 28.7 Å². The molecule has 0 aliphatic rings. The average molecular weight is 237 g/mol. The number of hydrogen-bond acceptors (Lipinski definition) is 1. The van der Waals surface area contributed by atoms with E-state index in [-0.39, 0.29) is 0 Å². The maximum Gasteiger partial charge on any atom is 0.0792 e. The van der Waals surface area contributed by atoms with Crippen LogP contribution in [0.15, 0.2) is 34.9 Å². The molecule has 0 amide bonds. The summed E-state index contributed by atoms with van der Waals surface area (Å²) in [5, 5.41) is 6.91. The summed E-state index contributed by atoms with van der Waals surface area (Å²) in [4.78, 5) is 0. The predicted molar refractivity (Wildman–Crippen MR) is 56.5 cm³/mol. The van der Waals surface area contributed by atoms with Gasteiger partial charge in [0, 0.05) is 5.56 Å². The molecule has 0 radical (unpaired) electrons. The van der Waals surface area contributed by atoms with Crippen molar-refractivity contribution in [3.8, 4) is 11.3 Å². The Hall–Kier alpha value is -1.09. The first-order valence-corrected chi connectivity index (χ1v) is 4.82. The van der Waals surface area contributed by atoms with Gasteiger partial charge in [-0.25, -0.2) is 0 Å². The third-order valence-corrected chi connectivity index (χ3v) is 2.50. The lowest BCUT2D eigenvalue weighted by Gasteiger charge is -1.99. The van der Waals surface area contributed by atoms with Crippen LogP contribution in [0.2, 0.25) is 0 Å². The van der Waals surface area contributed by atoms with Crippen LogP contribution >= 0.6 is 15.9 Å². The van der Waals surface area contributed by atoms with Gasteiger partial charge in [-0.1, -0.05) is 23.8 Å². The molecule has 2 rings (SSSR count). The molecule has 0 aliphatic carbocycles. The standard InChI is InChI=1S/C10H9BrN2/c1-7-3-2-4-8(5-7)10-9(11)6-12-13-10/h2-6H,1H3,(H,12,13). The second-order valence-corrected chi connectivity index (χ2v) is 3.82. The molecule has 1 heterocycles. The van der Waals surface area contributed by atoms with Crippen molar-refractivity contribution in [1.29, 1.82) is 0 Å². The summed E-state index contributed by atoms with van der Waals surface area (Å²) in [5.41, 5.74) is 3.44. The van der Waals surface area contributed by atoms with E-state index in [0.29, 0.717) is 0 Å². The van der Waals surface area contributed by atoms with Crippen LogP contribution in [0.25, 0.3) is 11.3 Å². The Labute approximate surface area is 85.1 Å². The van der Waals surface area contributed by atoms with Gasteiger partial charge in [0.05, 0.1) is 16.4 Å². The van der Waals surface area contributed by atoms with Crippen LogP contribution in [0.1, 0.15) is 5.56 Å². The fourth-order valence-corrected chi connectivity index (χ4v) is 1.69. The number of aromatic nitrogens is 2. The van der Waals surface area contributed by atoms with Gasteiger partial charge in [-0.15, -0.1) is 0 Å². The van der Waals surface area contributed by atoms with E-state index >= 15 is 0 Å². The van der Waals surface area contributed by atoms with Gasteiger partial charge in [-0.05, 0) is 28.9 Å². The van der Waals surface area contributed by atoms with E-state index in [0.717, 1.165) is 15.7 Å². The largest absolute Gasteiger partial charge is 0.277 e. The Morgan fingerprint density at radius 3 is 2.85 bits per heavy atom. The average Bonchev–Trinajstić information content (AvgIpc) is 2.51. The number of halogens is 1. The Balaban J connectivity index is 2.53. The second-order valence-electron chi connectivity index (χ2n) is 2.96. The third kappa shape index (κ3) is 1.65. The maximum absolute atomic E-state index is 3.96. The molecule has 0 saturated heterocycles. The number of aryl methyl sites for hydroxylation is 1. The Morgan fingerprint density at radius 1 is 1.38 bits per heavy atom. The highest BCUT2D eigenvalue weighted by Gasteiger charge is 2.03. The third-order valence-electron chi connectivity index (χ3n) is 1.90. The molecule has 0 atom stereocenters. The van der Waals surface area contributed by atoms with Crippen LogP contribution in [-0.2, 0) is 0 Å². The molecule has 1 N–H and O–H groups in total. The van der Waals surface area contributed by atoms with Gasteiger partial charge < -0.3 is 0 Å². The first-order chi connectivity index (χ1) is 6.27. The van der Waals surface area contributed by atoms with E-state index in [2.05, 4.69) is 51.3 Å². The van der Waals surface area contributed by atoms with Gasteiger partial charge in [0.2, 0.25) is 0 Å². The molecule has 0 bridgehead atoms. The van der Waals surface area contributed by atoms with E-state index in [1.807, 2.05) is 6.07 Å². The van der Waals surface area contributed by atoms with Gasteiger partial charge in [-0.3, -0.25) is 5.10 Å². The molecular formula is C10H9BrN2. The van der Waals surface area contributed by atoms with Gasteiger partial charge in [-0.2, -0.15) is 5.10 Å². The molecule has 0 saturated carbocycles. The number of hydrogen-bond donors (Lipinski definition) is 1. The lowest BCUT2D eigenvalue weighted by atomic mass is 10.1. The quantitative estimate of drug-likeness (QED) is 0.810. The molecule has 0 spiro atoms. The summed E-state index contributed by atoms with van der Waals surface area (Å²) in [7, 11) is 0. The van der Waals surface area contributed by atoms with E-state index in [9.17, 15) is 0 Å². The van der Waals surface area contributed by atoms with Crippen molar-refractivity contribution >= 4 is 15.9 Å². The summed E-state index contributed by atoms with van der Waals surface area (Å²) >= 11 is 3.43. The molecule has 0 fully saturated rings. The molecule has 3 heteroatoms. The second kappa shape index (κ2) is 3.34. The summed E-state index contributed by atoms with van der Waals surface area (Å²) < 4.78 is 0.998. The monoisotopic (exact) mass is 236 g/mol. The predicted octanol–water partition coefficient (Wildman–Crippen LogP) is 3.15. The number of nitrogens with one attached hydrogen (secondary N) is 1. The van der Waals surface area contributed by atoms with Crippen molar-refractivity contribution in [3.05, 3.63) is 40.5 Å². The van der Waals surface area contributed by atoms with Crippen molar-refractivity contribution in [3.63, 3.8) is 0 Å². The van der Waals surface area contributed by atoms with Crippen LogP contribution in [0, 0.1) is 6.92 Å². The number of H-pyrrole nitrogens is 1. The summed E-state index contributed by atoms with van der Waals surface area (Å²) in [6, 6.07) is 8.30. The highest BCUT2D eigenvalue weighted by Crippen LogP contribution is 2.25. The Morgan fingerprint density at radius 2 is 2.23 bits per heavy atom. The van der Waals surface area contributed by atoms with Gasteiger partial charge in [0.15, 0.2) is 0 Å². The first-order valence-electron chi connectivity index (χ1n) is 4.03. The number of aromatic amines is 1. The van der Waals surface area contributed by atoms with Crippen molar-refractivity contribution in [2.45, 2.75) is 6.92 Å². The summed E-state index contributed by atoms with van der Waals surface area (Å²) in [6.45, 7) is 2.08. The molecule has 0 unspecified atom stereocenters. The summed E-state index contributed by atoms with van der Waals surface area (Å²) in [5.74, 6) is 0. The number of rotatable bonds is 1. The van der Waals surface area contributed by atoms with Crippen molar-refractivity contribution in [1.82, 2.24) is 10.2 Å². The van der Waals surface area contributed by atoms with Crippen LogP contribution in [-0.4, -0.2) is 10.2 Å². The molecule has 1 aromatic heterocycles. The van der Waals surface area contributed by atoms with E-state index in [4.69, 9.17) is 0 Å². The zero-order valence-corrected chi connectivity index (χ0v) is 8.80. The van der Waals surface area contributed by atoms with E-state index < -0.39 is 0 Å². The Kier molecular flexibility index (Phi) is 2.19. The Bertz CT molecular complexity index is 420. The van der Waals surface area contributed by atoms with Crippen LogP contribution < -0.4 is 0 Å². The SMILES string of the molecule is Cc1cccc(-c2[nH]ncc2Br)c1. The lowest BCUT2D eigenvalue weighted by Crippen LogP contribution is -1.80. The van der Waals surface area contributed by atoms with Crippen LogP contribution in [0.4, 0.5) is 0 Å². The van der Waals surface area contributed by atoms with Crippen molar-refractivity contribution in [2.24, 2.45) is 0 Å². The fourth-order valence-electron chi connectivity index (χ4n) is 1.27. The van der Waals surface area contributed by atoms with Crippen LogP contribution in [0.5, 0.6) is 0 Å². The smallest absolute Gasteiger partial charge is 0.0792 e. The van der Waals surface area contributed by atoms with Gasteiger partial charge in [0.25, 0.3) is 0 Å². The molecule has 0 aliphatic heterocycles. The molecule has 13 heavy (non-hydrogen) atoms. The first kappa shape index (κ1) is 8.51. The summed E-state index contributed by atoms with van der Waals surface area (Å²) in [6.07, 6.45) is 1.76. The fraction of sp³-hybridized carbons (Fsp3) is 0.100. The van der Waals surface area contributed by atoms with Gasteiger partial charge in [0.1, 0.15) is 0 Å². The zero-order valence-electron chi connectivity index (χ0n) is 7.21. The highest BCUT2D eigenvalue weighted by atomic mass is 79.9.